The fraction of sp³-hybridized carbons (Fsp3) is 0.400. The molecule has 0 amide bonds. The maximum absolute atomic E-state index is 12.0. The molecule has 0 radical (unpaired) electrons. The third-order valence-corrected chi connectivity index (χ3v) is 2.89. The molecule has 0 spiro atoms. The van der Waals surface area contributed by atoms with E-state index in [1.807, 2.05) is 63.4 Å². The van der Waals surface area contributed by atoms with E-state index in [4.69, 9.17) is 4.74 Å². The first-order valence-corrected chi connectivity index (χ1v) is 6.19. The number of carbonyl (C=O) groups is 1. The van der Waals surface area contributed by atoms with Crippen molar-refractivity contribution < 1.29 is 9.53 Å². The largest absolute Gasteiger partial charge is 0.460 e. The number of benzene rings is 1. The fourth-order valence-corrected chi connectivity index (χ4v) is 1.66. The van der Waals surface area contributed by atoms with Crippen LogP contribution in [0.25, 0.3) is 0 Å². The van der Waals surface area contributed by atoms with Gasteiger partial charge < -0.3 is 10.1 Å². The van der Waals surface area contributed by atoms with Crippen molar-refractivity contribution in [1.29, 1.82) is 0 Å². The minimum Gasteiger partial charge on any atom is -0.460 e. The van der Waals surface area contributed by atoms with Crippen molar-refractivity contribution in [2.24, 2.45) is 5.92 Å². The quantitative estimate of drug-likeness (QED) is 0.620. The lowest BCUT2D eigenvalue weighted by Gasteiger charge is -2.19. The topological polar surface area (TPSA) is 38.3 Å². The van der Waals surface area contributed by atoms with Gasteiger partial charge in [-0.15, -0.1) is 0 Å². The Morgan fingerprint density at radius 1 is 1.39 bits per heavy atom. The smallest absolute Gasteiger partial charge is 0.314 e. The Morgan fingerprint density at radius 3 is 2.61 bits per heavy atom. The molecule has 98 valence electrons. The van der Waals surface area contributed by atoms with Gasteiger partial charge >= 0.3 is 5.97 Å². The maximum atomic E-state index is 12.0. The molecule has 2 atom stereocenters. The van der Waals surface area contributed by atoms with Crippen molar-refractivity contribution in [3.63, 3.8) is 0 Å². The predicted octanol–water partition coefficient (Wildman–Crippen LogP) is 2.53. The first-order chi connectivity index (χ1) is 8.69. The summed E-state index contributed by atoms with van der Waals surface area (Å²) in [5.41, 5.74) is 1.00. The Balaban J connectivity index is 2.57. The Hall–Kier alpha value is -1.61. The third-order valence-electron chi connectivity index (χ3n) is 2.89. The molecule has 1 aromatic carbocycles. The molecule has 3 nitrogen and oxygen atoms in total. The molecule has 0 aliphatic rings. The number of hydrogen-bond donors (Lipinski definition) is 1. The second-order valence-corrected chi connectivity index (χ2v) is 4.22. The number of carbonyl (C=O) groups excluding carboxylic acids is 1. The van der Waals surface area contributed by atoms with E-state index in [2.05, 4.69) is 5.32 Å². The van der Waals surface area contributed by atoms with Gasteiger partial charge in [0, 0.05) is 6.04 Å². The first-order valence-electron chi connectivity index (χ1n) is 6.19. The molecule has 18 heavy (non-hydrogen) atoms. The molecule has 0 saturated carbocycles. The lowest BCUT2D eigenvalue weighted by Crippen LogP contribution is -2.35. The van der Waals surface area contributed by atoms with Crippen LogP contribution in [-0.2, 0) is 16.1 Å². The summed E-state index contributed by atoms with van der Waals surface area (Å²) in [5.74, 6) is -0.442. The Morgan fingerprint density at radius 2 is 2.06 bits per heavy atom. The van der Waals surface area contributed by atoms with Crippen LogP contribution in [0, 0.1) is 5.92 Å². The highest BCUT2D eigenvalue weighted by Gasteiger charge is 2.22. The zero-order valence-electron chi connectivity index (χ0n) is 11.2. The summed E-state index contributed by atoms with van der Waals surface area (Å²) in [4.78, 5) is 12.0. The predicted molar refractivity (Wildman–Crippen MR) is 73.1 cm³/mol. The minimum atomic E-state index is -0.247. The SMILES string of the molecule is C/C=C\C(C(=O)OCc1ccccc1)C(C)NC. The Labute approximate surface area is 109 Å². The van der Waals surface area contributed by atoms with Crippen LogP contribution in [0.4, 0.5) is 0 Å². The van der Waals surface area contributed by atoms with Gasteiger partial charge in [0.2, 0.25) is 0 Å². The van der Waals surface area contributed by atoms with Gasteiger partial charge in [-0.05, 0) is 26.5 Å². The average molecular weight is 247 g/mol. The fourth-order valence-electron chi connectivity index (χ4n) is 1.66. The van der Waals surface area contributed by atoms with Crippen molar-refractivity contribution in [2.45, 2.75) is 26.5 Å². The zero-order valence-corrected chi connectivity index (χ0v) is 11.2. The van der Waals surface area contributed by atoms with Gasteiger partial charge in [-0.25, -0.2) is 0 Å². The molecule has 0 saturated heterocycles. The van der Waals surface area contributed by atoms with Crippen LogP contribution in [-0.4, -0.2) is 19.1 Å². The molecular formula is C15H21NO2. The van der Waals surface area contributed by atoms with Gasteiger partial charge in [-0.1, -0.05) is 42.5 Å². The molecule has 0 aromatic heterocycles. The molecule has 1 N–H and O–H groups in total. The molecule has 0 aliphatic heterocycles. The van der Waals surface area contributed by atoms with Crippen LogP contribution in [0.15, 0.2) is 42.5 Å². The summed E-state index contributed by atoms with van der Waals surface area (Å²) in [6.07, 6.45) is 3.75. The molecule has 0 aliphatic carbocycles. The maximum Gasteiger partial charge on any atom is 0.314 e. The van der Waals surface area contributed by atoms with E-state index in [1.54, 1.807) is 0 Å². The van der Waals surface area contributed by atoms with Crippen LogP contribution < -0.4 is 5.32 Å². The zero-order chi connectivity index (χ0) is 13.4. The number of rotatable bonds is 6. The van der Waals surface area contributed by atoms with Crippen LogP contribution in [0.2, 0.25) is 0 Å². The summed E-state index contributed by atoms with van der Waals surface area (Å²) in [5, 5.41) is 3.08. The Bertz CT molecular complexity index is 387. The number of ether oxygens (including phenoxy) is 1. The number of hydrogen-bond acceptors (Lipinski definition) is 3. The number of allylic oxidation sites excluding steroid dienone is 1. The van der Waals surface area contributed by atoms with E-state index in [0.29, 0.717) is 6.61 Å². The van der Waals surface area contributed by atoms with E-state index in [9.17, 15) is 4.79 Å². The van der Waals surface area contributed by atoms with Gasteiger partial charge in [0.1, 0.15) is 6.61 Å². The van der Waals surface area contributed by atoms with E-state index in [1.165, 1.54) is 0 Å². The third kappa shape index (κ3) is 4.34. The molecule has 0 heterocycles. The molecule has 0 bridgehead atoms. The summed E-state index contributed by atoms with van der Waals surface area (Å²) in [6.45, 7) is 4.19. The summed E-state index contributed by atoms with van der Waals surface area (Å²) in [6, 6.07) is 9.76. The monoisotopic (exact) mass is 247 g/mol. The summed E-state index contributed by atoms with van der Waals surface area (Å²) in [7, 11) is 1.84. The van der Waals surface area contributed by atoms with Crippen molar-refractivity contribution in [1.82, 2.24) is 5.32 Å². The number of esters is 1. The lowest BCUT2D eigenvalue weighted by atomic mass is 10.0. The first kappa shape index (κ1) is 14.5. The van der Waals surface area contributed by atoms with Crippen LogP contribution in [0.3, 0.4) is 0 Å². The minimum absolute atomic E-state index is 0.0597. The van der Waals surface area contributed by atoms with Crippen molar-refractivity contribution >= 4 is 5.97 Å². The van der Waals surface area contributed by atoms with Gasteiger partial charge in [0.25, 0.3) is 0 Å². The van der Waals surface area contributed by atoms with Crippen LogP contribution in [0.1, 0.15) is 19.4 Å². The highest BCUT2D eigenvalue weighted by molar-refractivity contribution is 5.75. The van der Waals surface area contributed by atoms with E-state index in [0.717, 1.165) is 5.56 Å². The Kier molecular flexibility index (Phi) is 6.15. The second kappa shape index (κ2) is 7.67. The molecule has 0 fully saturated rings. The van der Waals surface area contributed by atoms with E-state index < -0.39 is 0 Å². The second-order valence-electron chi connectivity index (χ2n) is 4.22. The highest BCUT2D eigenvalue weighted by atomic mass is 16.5. The summed E-state index contributed by atoms with van der Waals surface area (Å²) < 4.78 is 5.34. The average Bonchev–Trinajstić information content (AvgIpc) is 2.42. The molecule has 1 aromatic rings. The van der Waals surface area contributed by atoms with Crippen molar-refractivity contribution in [3.8, 4) is 0 Å². The van der Waals surface area contributed by atoms with Crippen molar-refractivity contribution in [3.05, 3.63) is 48.0 Å². The van der Waals surface area contributed by atoms with Gasteiger partial charge in [-0.2, -0.15) is 0 Å². The molecule has 2 unspecified atom stereocenters. The van der Waals surface area contributed by atoms with E-state index in [-0.39, 0.29) is 17.9 Å². The van der Waals surface area contributed by atoms with Gasteiger partial charge in [0.05, 0.1) is 5.92 Å². The van der Waals surface area contributed by atoms with Crippen molar-refractivity contribution in [2.75, 3.05) is 7.05 Å². The highest BCUT2D eigenvalue weighted by Crippen LogP contribution is 2.10. The molecular weight excluding hydrogens is 226 g/mol. The van der Waals surface area contributed by atoms with Gasteiger partial charge in [0.15, 0.2) is 0 Å². The summed E-state index contributed by atoms with van der Waals surface area (Å²) >= 11 is 0. The van der Waals surface area contributed by atoms with Gasteiger partial charge in [-0.3, -0.25) is 4.79 Å². The van der Waals surface area contributed by atoms with Crippen LogP contribution >= 0.6 is 0 Å². The normalized spacial score (nSPS) is 14.4. The number of nitrogens with one attached hydrogen (secondary N) is 1. The molecule has 3 heteroatoms. The van der Waals surface area contributed by atoms with Crippen LogP contribution in [0.5, 0.6) is 0 Å². The lowest BCUT2D eigenvalue weighted by molar-refractivity contribution is -0.148. The molecule has 1 rings (SSSR count). The van der Waals surface area contributed by atoms with E-state index >= 15 is 0 Å². The standard InChI is InChI=1S/C15H21NO2/c1-4-8-14(12(2)16-3)15(17)18-11-13-9-6-5-7-10-13/h4-10,12,14,16H,11H2,1-3H3/b8-4-.